The zero-order chi connectivity index (χ0) is 29.4. The second-order valence-electron chi connectivity index (χ2n) is 10.7. The summed E-state index contributed by atoms with van der Waals surface area (Å²) in [4.78, 5) is 59.0. The van der Waals surface area contributed by atoms with E-state index in [1.54, 1.807) is 31.2 Å². The molecule has 1 rings (SSSR count). The average Bonchev–Trinajstić information content (AvgIpc) is 2.95. The van der Waals surface area contributed by atoms with Crippen LogP contribution in [0, 0.1) is 5.92 Å². The van der Waals surface area contributed by atoms with Crippen LogP contribution in [0.25, 0.3) is 0 Å². The molecule has 1 aromatic rings. The minimum atomic E-state index is -0.806. The van der Waals surface area contributed by atoms with Crippen molar-refractivity contribution >= 4 is 36.0 Å². The first-order valence-corrected chi connectivity index (χ1v) is 15.2. The minimum absolute atomic E-state index is 0. The number of carbonyl (C=O) groups is 5. The third-order valence-electron chi connectivity index (χ3n) is 7.23. The summed E-state index contributed by atoms with van der Waals surface area (Å²) in [6, 6.07) is 6.68. The van der Waals surface area contributed by atoms with E-state index < -0.39 is 5.97 Å². The van der Waals surface area contributed by atoms with Crippen molar-refractivity contribution in [2.45, 2.75) is 116 Å². The molecule has 0 aliphatic rings. The summed E-state index contributed by atoms with van der Waals surface area (Å²) in [6.45, 7) is 2.12. The lowest BCUT2D eigenvalue weighted by atomic mass is 10.0. The lowest BCUT2D eigenvalue weighted by Gasteiger charge is -2.20. The summed E-state index contributed by atoms with van der Waals surface area (Å²) in [7, 11) is 0. The number of carboxylic acids is 1. The van der Waals surface area contributed by atoms with Gasteiger partial charge in [0.15, 0.2) is 0 Å². The van der Waals surface area contributed by atoms with Gasteiger partial charge in [-0.15, -0.1) is 0 Å². The molecule has 10 heteroatoms. The molecule has 6 N–H and O–H groups in total. The van der Waals surface area contributed by atoms with Gasteiger partial charge in [-0.05, 0) is 49.9 Å². The molecule has 10 nitrogen and oxygen atoms in total. The molecule has 0 saturated carbocycles. The number of nitrogens with zero attached hydrogens (tertiary/aromatic N) is 1. The standard InChI is InChI=1S/C32H50N2O6.2H2O/c1-27(32(39)40)17-14-15-23-33-31(38)28-19-21-29(22-20-28)34(24-26-36)30(37)18-13-11-9-7-5-3-2-4-6-8-10-12-16-25-35;;/h19-22,25-27H,2-18,23-24H2,1H3,(H,33,38)(H,39,40);2*1H2/t27-;;/m0../s1. The smallest absolute Gasteiger partial charge is 0.306 e. The van der Waals surface area contributed by atoms with Crippen molar-refractivity contribution in [2.75, 3.05) is 18.0 Å². The highest BCUT2D eigenvalue weighted by Gasteiger charge is 2.16. The van der Waals surface area contributed by atoms with E-state index in [-0.39, 0.29) is 35.2 Å². The van der Waals surface area contributed by atoms with Gasteiger partial charge >= 0.3 is 5.97 Å². The molecule has 2 amide bonds. The first-order valence-electron chi connectivity index (χ1n) is 15.2. The predicted octanol–water partition coefficient (Wildman–Crippen LogP) is 4.85. The van der Waals surface area contributed by atoms with E-state index in [1.807, 2.05) is 0 Å². The number of amides is 2. The van der Waals surface area contributed by atoms with Gasteiger partial charge in [-0.3, -0.25) is 14.4 Å². The van der Waals surface area contributed by atoms with Crippen LogP contribution in [0.3, 0.4) is 0 Å². The van der Waals surface area contributed by atoms with E-state index in [0.29, 0.717) is 43.5 Å². The fourth-order valence-electron chi connectivity index (χ4n) is 4.63. The Kier molecular flexibility index (Phi) is 26.1. The Bertz CT molecular complexity index is 876. The van der Waals surface area contributed by atoms with Gasteiger partial charge in [-0.25, -0.2) is 0 Å². The van der Waals surface area contributed by atoms with Crippen LogP contribution < -0.4 is 10.2 Å². The summed E-state index contributed by atoms with van der Waals surface area (Å²) < 4.78 is 0. The van der Waals surface area contributed by atoms with Crippen LogP contribution >= 0.6 is 0 Å². The summed E-state index contributed by atoms with van der Waals surface area (Å²) in [5, 5.41) is 11.8. The number of aldehydes is 2. The fourth-order valence-corrected chi connectivity index (χ4v) is 4.63. The van der Waals surface area contributed by atoms with Crippen LogP contribution in [-0.2, 0) is 19.2 Å². The summed E-state index contributed by atoms with van der Waals surface area (Å²) in [5.41, 5.74) is 1.07. The normalized spacial score (nSPS) is 11.0. The SMILES string of the molecule is C[C@@H](CCCCNC(=O)c1ccc(N(CC=O)C(=O)CCCCCCCCCCCCCCC=O)cc1)C(=O)O.O.O. The molecule has 0 aromatic heterocycles. The summed E-state index contributed by atoms with van der Waals surface area (Å²) >= 11 is 0. The van der Waals surface area contributed by atoms with Crippen LogP contribution in [0.4, 0.5) is 5.69 Å². The molecule has 1 atom stereocenters. The van der Waals surface area contributed by atoms with Gasteiger partial charge < -0.3 is 35.9 Å². The van der Waals surface area contributed by atoms with Gasteiger partial charge in [0.1, 0.15) is 12.6 Å². The van der Waals surface area contributed by atoms with E-state index in [0.717, 1.165) is 51.1 Å². The number of aliphatic carboxylic acids is 1. The van der Waals surface area contributed by atoms with Crippen molar-refractivity contribution in [3.05, 3.63) is 29.8 Å². The van der Waals surface area contributed by atoms with Gasteiger partial charge in [-0.2, -0.15) is 0 Å². The van der Waals surface area contributed by atoms with Crippen LogP contribution in [-0.4, -0.2) is 59.5 Å². The monoisotopic (exact) mass is 594 g/mol. The van der Waals surface area contributed by atoms with Crippen LogP contribution in [0.2, 0.25) is 0 Å². The Hall–Kier alpha value is -3.11. The minimum Gasteiger partial charge on any atom is -0.481 e. The van der Waals surface area contributed by atoms with Crippen molar-refractivity contribution in [3.8, 4) is 0 Å². The zero-order valence-corrected chi connectivity index (χ0v) is 25.4. The molecule has 1 aromatic carbocycles. The highest BCUT2D eigenvalue weighted by atomic mass is 16.4. The third kappa shape index (κ3) is 19.1. The van der Waals surface area contributed by atoms with Gasteiger partial charge in [0.2, 0.25) is 5.91 Å². The maximum atomic E-state index is 12.8. The molecule has 0 fully saturated rings. The van der Waals surface area contributed by atoms with Crippen LogP contribution in [0.5, 0.6) is 0 Å². The van der Waals surface area contributed by atoms with E-state index >= 15 is 0 Å². The van der Waals surface area contributed by atoms with Crippen LogP contribution in [0.15, 0.2) is 24.3 Å². The molecule has 0 radical (unpaired) electrons. The second kappa shape index (κ2) is 26.8. The molecule has 0 spiro atoms. The van der Waals surface area contributed by atoms with Crippen molar-refractivity contribution in [3.63, 3.8) is 0 Å². The zero-order valence-electron chi connectivity index (χ0n) is 25.4. The number of carbonyl (C=O) groups excluding carboxylic acids is 4. The highest BCUT2D eigenvalue weighted by molar-refractivity contribution is 5.97. The lowest BCUT2D eigenvalue weighted by molar-refractivity contribution is -0.141. The van der Waals surface area contributed by atoms with E-state index in [2.05, 4.69) is 5.32 Å². The molecule has 0 aliphatic heterocycles. The second-order valence-corrected chi connectivity index (χ2v) is 10.7. The number of nitrogens with one attached hydrogen (secondary N) is 1. The van der Waals surface area contributed by atoms with Gasteiger partial charge in [0.05, 0.1) is 12.5 Å². The molecule has 42 heavy (non-hydrogen) atoms. The molecular weight excluding hydrogens is 540 g/mol. The number of anilines is 1. The molecule has 240 valence electrons. The number of hydrogen-bond donors (Lipinski definition) is 2. The first kappa shape index (κ1) is 41.0. The number of carboxylic acid groups (broad SMARTS) is 1. The van der Waals surface area contributed by atoms with Gasteiger partial charge in [0.25, 0.3) is 5.91 Å². The Labute approximate surface area is 251 Å². The van der Waals surface area contributed by atoms with Crippen molar-refractivity contribution in [2.24, 2.45) is 5.92 Å². The molecular formula is C32H54N2O8. The largest absolute Gasteiger partial charge is 0.481 e. The highest BCUT2D eigenvalue weighted by Crippen LogP contribution is 2.18. The van der Waals surface area contributed by atoms with E-state index in [9.17, 15) is 24.0 Å². The van der Waals surface area contributed by atoms with E-state index in [4.69, 9.17) is 5.11 Å². The maximum absolute atomic E-state index is 12.8. The predicted molar refractivity (Wildman–Crippen MR) is 166 cm³/mol. The Balaban J connectivity index is 0. The Morgan fingerprint density at radius 3 is 1.79 bits per heavy atom. The quantitative estimate of drug-likeness (QED) is 0.120. The topological polar surface area (TPSA) is 184 Å². The van der Waals surface area contributed by atoms with Crippen molar-refractivity contribution in [1.82, 2.24) is 5.32 Å². The lowest BCUT2D eigenvalue weighted by Crippen LogP contribution is -2.32. The number of rotatable bonds is 25. The fraction of sp³-hybridized carbons (Fsp3) is 0.656. The maximum Gasteiger partial charge on any atom is 0.306 e. The van der Waals surface area contributed by atoms with Crippen molar-refractivity contribution in [1.29, 1.82) is 0 Å². The average molecular weight is 595 g/mol. The Morgan fingerprint density at radius 2 is 1.29 bits per heavy atom. The summed E-state index contributed by atoms with van der Waals surface area (Å²) in [6.07, 6.45) is 18.5. The van der Waals surface area contributed by atoms with E-state index in [1.165, 1.54) is 49.8 Å². The van der Waals surface area contributed by atoms with Crippen molar-refractivity contribution < 1.29 is 40.0 Å². The number of hydrogen-bond acceptors (Lipinski definition) is 5. The van der Waals surface area contributed by atoms with Crippen LogP contribution in [0.1, 0.15) is 126 Å². The number of unbranched alkanes of at least 4 members (excludes halogenated alkanes) is 13. The Morgan fingerprint density at radius 1 is 0.762 bits per heavy atom. The molecule has 0 bridgehead atoms. The van der Waals surface area contributed by atoms with Gasteiger partial charge in [0, 0.05) is 30.6 Å². The molecule has 0 unspecified atom stereocenters. The molecule has 0 heterocycles. The summed E-state index contributed by atoms with van der Waals surface area (Å²) in [5.74, 6) is -1.51. The first-order chi connectivity index (χ1) is 19.4. The third-order valence-corrected chi connectivity index (χ3v) is 7.23. The van der Waals surface area contributed by atoms with Gasteiger partial charge in [-0.1, -0.05) is 77.6 Å². The molecule has 0 aliphatic carbocycles. The molecule has 0 saturated heterocycles. The number of benzene rings is 1.